The van der Waals surface area contributed by atoms with E-state index in [1.54, 1.807) is 0 Å². The van der Waals surface area contributed by atoms with E-state index in [4.69, 9.17) is 0 Å². The summed E-state index contributed by atoms with van der Waals surface area (Å²) in [4.78, 5) is 30.4. The van der Waals surface area contributed by atoms with Crippen molar-refractivity contribution in [1.29, 1.82) is 0 Å². The smallest absolute Gasteiger partial charge is 0.329 e. The molecule has 2 N–H and O–H groups in total. The molecule has 1 aromatic carbocycles. The van der Waals surface area contributed by atoms with Crippen molar-refractivity contribution < 1.29 is 14.5 Å². The maximum atomic E-state index is 12.9. The molecule has 0 bridgehead atoms. The number of rotatable bonds is 3. The number of carbonyl (C=O) groups excluding carboxylic acids is 2. The second-order valence-electron chi connectivity index (χ2n) is 7.54. The highest BCUT2D eigenvalue weighted by molar-refractivity contribution is 6.06. The van der Waals surface area contributed by atoms with Gasteiger partial charge in [0.2, 0.25) is 0 Å². The molecule has 2 aliphatic heterocycles. The minimum absolute atomic E-state index is 0.00943. The van der Waals surface area contributed by atoms with Crippen LogP contribution in [0.15, 0.2) is 30.3 Å². The number of nitrogens with one attached hydrogen (secondary N) is 2. The molecular formula is C19H27N4O2+. The van der Waals surface area contributed by atoms with Crippen molar-refractivity contribution in [2.75, 3.05) is 37.7 Å². The van der Waals surface area contributed by atoms with Crippen molar-refractivity contribution in [3.63, 3.8) is 0 Å². The molecule has 3 aliphatic rings. The molecule has 4 rings (SSSR count). The van der Waals surface area contributed by atoms with Gasteiger partial charge in [0, 0.05) is 5.69 Å². The SMILES string of the molecule is O=C1NC2(CCCCC2)C(=O)N1C[NH+]1CCN(c2ccccc2)CC1. The first-order valence-corrected chi connectivity index (χ1v) is 9.46. The number of quaternary nitrogens is 1. The van der Waals surface area contributed by atoms with E-state index < -0.39 is 5.54 Å². The Morgan fingerprint density at radius 3 is 2.36 bits per heavy atom. The zero-order chi connectivity index (χ0) is 17.3. The van der Waals surface area contributed by atoms with E-state index in [-0.39, 0.29) is 11.9 Å². The van der Waals surface area contributed by atoms with E-state index in [0.717, 1.165) is 58.3 Å². The van der Waals surface area contributed by atoms with Crippen molar-refractivity contribution in [2.24, 2.45) is 0 Å². The fraction of sp³-hybridized carbons (Fsp3) is 0.579. The summed E-state index contributed by atoms with van der Waals surface area (Å²) in [7, 11) is 0. The molecule has 1 saturated carbocycles. The van der Waals surface area contributed by atoms with Crippen molar-refractivity contribution >= 4 is 17.6 Å². The maximum absolute atomic E-state index is 12.9. The van der Waals surface area contributed by atoms with Gasteiger partial charge in [-0.3, -0.25) is 4.79 Å². The summed E-state index contributed by atoms with van der Waals surface area (Å²) in [5.74, 6) is 0.00943. The van der Waals surface area contributed by atoms with E-state index in [2.05, 4.69) is 34.5 Å². The highest BCUT2D eigenvalue weighted by Crippen LogP contribution is 2.33. The van der Waals surface area contributed by atoms with Crippen molar-refractivity contribution in [1.82, 2.24) is 10.2 Å². The van der Waals surface area contributed by atoms with Gasteiger partial charge in [-0.2, -0.15) is 0 Å². The molecule has 6 nitrogen and oxygen atoms in total. The summed E-state index contributed by atoms with van der Waals surface area (Å²) in [6, 6.07) is 10.2. The summed E-state index contributed by atoms with van der Waals surface area (Å²) in [5, 5.41) is 3.01. The lowest BCUT2D eigenvalue weighted by molar-refractivity contribution is -0.907. The molecule has 1 spiro atoms. The molecule has 6 heteroatoms. The topological polar surface area (TPSA) is 57.1 Å². The number of anilines is 1. The van der Waals surface area contributed by atoms with Gasteiger partial charge >= 0.3 is 6.03 Å². The number of hydrogen-bond acceptors (Lipinski definition) is 3. The lowest BCUT2D eigenvalue weighted by Gasteiger charge is -2.35. The number of hydrogen-bond donors (Lipinski definition) is 2. The maximum Gasteiger partial charge on any atom is 0.329 e. The summed E-state index contributed by atoms with van der Waals surface area (Å²) < 4.78 is 0. The quantitative estimate of drug-likeness (QED) is 0.791. The molecular weight excluding hydrogens is 316 g/mol. The van der Waals surface area contributed by atoms with Crippen LogP contribution in [0, 0.1) is 0 Å². The number of urea groups is 1. The number of imide groups is 1. The van der Waals surface area contributed by atoms with Crippen molar-refractivity contribution in [3.8, 4) is 0 Å². The Morgan fingerprint density at radius 2 is 1.68 bits per heavy atom. The van der Waals surface area contributed by atoms with Gasteiger partial charge in [-0.15, -0.1) is 0 Å². The van der Waals surface area contributed by atoms with Gasteiger partial charge in [0.15, 0.2) is 6.67 Å². The molecule has 3 fully saturated rings. The molecule has 0 aromatic heterocycles. The van der Waals surface area contributed by atoms with E-state index >= 15 is 0 Å². The molecule has 2 saturated heterocycles. The standard InChI is InChI=1S/C19H26N4O2/c24-17-19(9-5-2-6-10-19)20-18(25)23(17)15-21-11-13-22(14-12-21)16-7-3-1-4-8-16/h1,3-4,7-8H,2,5-6,9-15H2,(H,20,25)/p+1. The lowest BCUT2D eigenvalue weighted by Crippen LogP contribution is -3.16. The van der Waals surface area contributed by atoms with Crippen molar-refractivity contribution in [2.45, 2.75) is 37.6 Å². The van der Waals surface area contributed by atoms with Crippen LogP contribution in [0.1, 0.15) is 32.1 Å². The van der Waals surface area contributed by atoms with E-state index in [1.807, 2.05) is 6.07 Å². The molecule has 3 amide bonds. The summed E-state index contributed by atoms with van der Waals surface area (Å²) in [5.41, 5.74) is 0.651. The Labute approximate surface area is 148 Å². The molecule has 1 aliphatic carbocycles. The molecule has 0 radical (unpaired) electrons. The molecule has 0 unspecified atom stereocenters. The van der Waals surface area contributed by atoms with Crippen LogP contribution in [0.3, 0.4) is 0 Å². The molecule has 2 heterocycles. The molecule has 1 aromatic rings. The predicted molar refractivity (Wildman–Crippen MR) is 95.4 cm³/mol. The first-order valence-electron chi connectivity index (χ1n) is 9.46. The third-order valence-corrected chi connectivity index (χ3v) is 5.93. The highest BCUT2D eigenvalue weighted by atomic mass is 16.2. The zero-order valence-corrected chi connectivity index (χ0v) is 14.7. The van der Waals surface area contributed by atoms with Gasteiger partial charge in [-0.25, -0.2) is 9.69 Å². The third-order valence-electron chi connectivity index (χ3n) is 5.93. The second kappa shape index (κ2) is 6.67. The van der Waals surface area contributed by atoms with Crippen LogP contribution >= 0.6 is 0 Å². The monoisotopic (exact) mass is 343 g/mol. The minimum Gasteiger partial charge on any atom is -0.360 e. The van der Waals surface area contributed by atoms with Crippen LogP contribution in [0.4, 0.5) is 10.5 Å². The predicted octanol–water partition coefficient (Wildman–Crippen LogP) is 0.604. The Hall–Kier alpha value is -2.08. The average Bonchev–Trinajstić information content (AvgIpc) is 2.88. The van der Waals surface area contributed by atoms with Gasteiger partial charge in [0.25, 0.3) is 5.91 Å². The average molecular weight is 343 g/mol. The fourth-order valence-electron chi connectivity index (χ4n) is 4.42. The van der Waals surface area contributed by atoms with Crippen LogP contribution in [0.25, 0.3) is 0 Å². The van der Waals surface area contributed by atoms with Crippen LogP contribution < -0.4 is 15.1 Å². The normalized spacial score (nSPS) is 24.0. The number of piperazine rings is 1. The zero-order valence-electron chi connectivity index (χ0n) is 14.7. The number of nitrogens with zero attached hydrogens (tertiary/aromatic N) is 2. The van der Waals surface area contributed by atoms with Crippen LogP contribution in [-0.4, -0.2) is 55.2 Å². The van der Waals surface area contributed by atoms with Crippen molar-refractivity contribution in [3.05, 3.63) is 30.3 Å². The van der Waals surface area contributed by atoms with Gasteiger partial charge < -0.3 is 15.1 Å². The summed E-state index contributed by atoms with van der Waals surface area (Å²) in [6.45, 7) is 4.29. The highest BCUT2D eigenvalue weighted by Gasteiger charge is 2.52. The largest absolute Gasteiger partial charge is 0.360 e. The number of benzene rings is 1. The molecule has 0 atom stereocenters. The minimum atomic E-state index is -0.597. The Balaban J connectivity index is 1.35. The first-order chi connectivity index (χ1) is 12.2. The number of para-hydroxylation sites is 1. The van der Waals surface area contributed by atoms with E-state index in [9.17, 15) is 9.59 Å². The van der Waals surface area contributed by atoms with Gasteiger partial charge in [-0.05, 0) is 25.0 Å². The van der Waals surface area contributed by atoms with E-state index in [1.165, 1.54) is 15.5 Å². The summed E-state index contributed by atoms with van der Waals surface area (Å²) >= 11 is 0. The second-order valence-corrected chi connectivity index (χ2v) is 7.54. The van der Waals surface area contributed by atoms with Crippen LogP contribution in [-0.2, 0) is 4.79 Å². The van der Waals surface area contributed by atoms with Gasteiger partial charge in [-0.1, -0.05) is 37.5 Å². The third kappa shape index (κ3) is 3.11. The van der Waals surface area contributed by atoms with Crippen LogP contribution in [0.5, 0.6) is 0 Å². The number of carbonyl (C=O) groups is 2. The van der Waals surface area contributed by atoms with Gasteiger partial charge in [0.05, 0.1) is 26.2 Å². The molecule has 25 heavy (non-hydrogen) atoms. The summed E-state index contributed by atoms with van der Waals surface area (Å²) in [6.07, 6.45) is 4.82. The first kappa shape index (κ1) is 16.4. The van der Waals surface area contributed by atoms with Crippen LogP contribution in [0.2, 0.25) is 0 Å². The Morgan fingerprint density at radius 1 is 1.00 bits per heavy atom. The Bertz CT molecular complexity index is 634. The molecule has 134 valence electrons. The van der Waals surface area contributed by atoms with E-state index in [0.29, 0.717) is 6.67 Å². The fourth-order valence-corrected chi connectivity index (χ4v) is 4.42. The number of amides is 3. The Kier molecular flexibility index (Phi) is 4.37. The van der Waals surface area contributed by atoms with Gasteiger partial charge in [0.1, 0.15) is 5.54 Å². The lowest BCUT2D eigenvalue weighted by atomic mass is 9.82.